The van der Waals surface area contributed by atoms with Crippen molar-refractivity contribution in [2.45, 2.75) is 13.8 Å². The SMILES string of the molecule is CCOC(=O)c1ccc(Oc2ncc(C)cn2)cc1. The van der Waals surface area contributed by atoms with Gasteiger partial charge in [0.15, 0.2) is 0 Å². The van der Waals surface area contributed by atoms with Crippen LogP contribution in [0.5, 0.6) is 11.8 Å². The fraction of sp³-hybridized carbons (Fsp3) is 0.214. The summed E-state index contributed by atoms with van der Waals surface area (Å²) < 4.78 is 10.3. The highest BCUT2D eigenvalue weighted by Crippen LogP contribution is 2.18. The Balaban J connectivity index is 2.06. The number of hydrogen-bond acceptors (Lipinski definition) is 5. The molecule has 2 rings (SSSR count). The van der Waals surface area contributed by atoms with Gasteiger partial charge in [-0.1, -0.05) is 0 Å². The standard InChI is InChI=1S/C14H14N2O3/c1-3-18-13(17)11-4-6-12(7-5-11)19-14-15-8-10(2)9-16-14/h4-9H,3H2,1-2H3. The molecule has 0 bridgehead atoms. The van der Waals surface area contributed by atoms with Crippen molar-refractivity contribution in [2.75, 3.05) is 6.61 Å². The summed E-state index contributed by atoms with van der Waals surface area (Å²) in [6, 6.07) is 6.91. The largest absolute Gasteiger partial charge is 0.462 e. The molecule has 0 atom stereocenters. The fourth-order valence-electron chi connectivity index (χ4n) is 1.41. The summed E-state index contributed by atoms with van der Waals surface area (Å²) in [4.78, 5) is 19.5. The van der Waals surface area contributed by atoms with Gasteiger partial charge in [-0.3, -0.25) is 0 Å². The first-order valence-electron chi connectivity index (χ1n) is 5.92. The second-order valence-electron chi connectivity index (χ2n) is 3.89. The predicted octanol–water partition coefficient (Wildman–Crippen LogP) is 2.75. The number of aryl methyl sites for hydroxylation is 1. The topological polar surface area (TPSA) is 61.3 Å². The summed E-state index contributed by atoms with van der Waals surface area (Å²) in [6.45, 7) is 4.02. The van der Waals surface area contributed by atoms with Gasteiger partial charge in [0.05, 0.1) is 12.2 Å². The number of hydrogen-bond donors (Lipinski definition) is 0. The van der Waals surface area contributed by atoms with Crippen LogP contribution in [0, 0.1) is 6.92 Å². The molecule has 98 valence electrons. The summed E-state index contributed by atoms with van der Waals surface area (Å²) >= 11 is 0. The van der Waals surface area contributed by atoms with Gasteiger partial charge in [0.1, 0.15) is 5.75 Å². The highest BCUT2D eigenvalue weighted by Gasteiger charge is 2.06. The van der Waals surface area contributed by atoms with Gasteiger partial charge in [0, 0.05) is 12.4 Å². The monoisotopic (exact) mass is 258 g/mol. The number of aromatic nitrogens is 2. The smallest absolute Gasteiger partial charge is 0.338 e. The van der Waals surface area contributed by atoms with Crippen molar-refractivity contribution in [3.8, 4) is 11.8 Å². The summed E-state index contributed by atoms with van der Waals surface area (Å²) in [7, 11) is 0. The van der Waals surface area contributed by atoms with Crippen LogP contribution in [0.3, 0.4) is 0 Å². The van der Waals surface area contributed by atoms with Crippen molar-refractivity contribution in [3.63, 3.8) is 0 Å². The Bertz CT molecular complexity index is 550. The molecule has 0 aliphatic heterocycles. The molecule has 0 saturated heterocycles. The zero-order valence-electron chi connectivity index (χ0n) is 10.8. The molecule has 0 fully saturated rings. The lowest BCUT2D eigenvalue weighted by molar-refractivity contribution is 0.0526. The minimum absolute atomic E-state index is 0.273. The summed E-state index contributed by atoms with van der Waals surface area (Å²) in [5.41, 5.74) is 1.45. The Labute approximate surface area is 111 Å². The number of rotatable bonds is 4. The van der Waals surface area contributed by atoms with Crippen molar-refractivity contribution in [2.24, 2.45) is 0 Å². The van der Waals surface area contributed by atoms with Crippen molar-refractivity contribution < 1.29 is 14.3 Å². The molecule has 0 saturated carbocycles. The molecule has 2 aromatic rings. The highest BCUT2D eigenvalue weighted by atomic mass is 16.5. The van der Waals surface area contributed by atoms with Gasteiger partial charge in [0.2, 0.25) is 0 Å². The minimum Gasteiger partial charge on any atom is -0.462 e. The van der Waals surface area contributed by atoms with E-state index >= 15 is 0 Å². The lowest BCUT2D eigenvalue weighted by Crippen LogP contribution is -2.04. The van der Waals surface area contributed by atoms with E-state index < -0.39 is 0 Å². The Kier molecular flexibility index (Phi) is 4.07. The molecule has 0 aliphatic carbocycles. The minimum atomic E-state index is -0.347. The van der Waals surface area contributed by atoms with Crippen LogP contribution in [-0.2, 0) is 4.74 Å². The van der Waals surface area contributed by atoms with E-state index in [0.717, 1.165) is 5.56 Å². The molecule has 1 aromatic carbocycles. The van der Waals surface area contributed by atoms with Crippen LogP contribution in [0.15, 0.2) is 36.7 Å². The van der Waals surface area contributed by atoms with E-state index in [9.17, 15) is 4.79 Å². The molecule has 1 aromatic heterocycles. The summed E-state index contributed by atoms with van der Waals surface area (Å²) in [6.07, 6.45) is 3.35. The van der Waals surface area contributed by atoms with Gasteiger partial charge in [-0.15, -0.1) is 0 Å². The van der Waals surface area contributed by atoms with E-state index in [1.807, 2.05) is 6.92 Å². The van der Waals surface area contributed by atoms with Gasteiger partial charge in [0.25, 0.3) is 0 Å². The molecular formula is C14H14N2O3. The quantitative estimate of drug-likeness (QED) is 0.789. The third-order valence-electron chi connectivity index (χ3n) is 2.33. The number of ether oxygens (including phenoxy) is 2. The highest BCUT2D eigenvalue weighted by molar-refractivity contribution is 5.89. The molecule has 19 heavy (non-hydrogen) atoms. The number of nitrogens with zero attached hydrogens (tertiary/aromatic N) is 2. The molecular weight excluding hydrogens is 244 g/mol. The van der Waals surface area contributed by atoms with E-state index in [0.29, 0.717) is 17.9 Å². The van der Waals surface area contributed by atoms with E-state index in [1.165, 1.54) is 0 Å². The zero-order chi connectivity index (χ0) is 13.7. The third-order valence-corrected chi connectivity index (χ3v) is 2.33. The third kappa shape index (κ3) is 3.51. The molecule has 0 spiro atoms. The van der Waals surface area contributed by atoms with Crippen molar-refractivity contribution in [1.29, 1.82) is 0 Å². The van der Waals surface area contributed by atoms with Crippen LogP contribution < -0.4 is 4.74 Å². The Morgan fingerprint density at radius 2 is 1.79 bits per heavy atom. The van der Waals surface area contributed by atoms with Gasteiger partial charge in [-0.25, -0.2) is 14.8 Å². The number of carbonyl (C=O) groups excluding carboxylic acids is 1. The summed E-state index contributed by atoms with van der Waals surface area (Å²) in [5.74, 6) is 0.220. The van der Waals surface area contributed by atoms with Crippen LogP contribution in [0.1, 0.15) is 22.8 Å². The van der Waals surface area contributed by atoms with Crippen molar-refractivity contribution in [3.05, 3.63) is 47.8 Å². The van der Waals surface area contributed by atoms with Crippen molar-refractivity contribution >= 4 is 5.97 Å². The molecule has 5 heteroatoms. The molecule has 0 radical (unpaired) electrons. The van der Waals surface area contributed by atoms with E-state index in [1.54, 1.807) is 43.6 Å². The van der Waals surface area contributed by atoms with Gasteiger partial charge >= 0.3 is 12.0 Å². The molecule has 0 N–H and O–H groups in total. The fourth-order valence-corrected chi connectivity index (χ4v) is 1.41. The first-order valence-corrected chi connectivity index (χ1v) is 5.92. The lowest BCUT2D eigenvalue weighted by atomic mass is 10.2. The molecule has 0 unspecified atom stereocenters. The van der Waals surface area contributed by atoms with E-state index in [2.05, 4.69) is 9.97 Å². The first kappa shape index (κ1) is 13.0. The van der Waals surface area contributed by atoms with Crippen LogP contribution in [0.4, 0.5) is 0 Å². The molecule has 0 amide bonds. The Hall–Kier alpha value is -2.43. The van der Waals surface area contributed by atoms with Gasteiger partial charge in [-0.2, -0.15) is 0 Å². The van der Waals surface area contributed by atoms with Crippen LogP contribution >= 0.6 is 0 Å². The molecule has 5 nitrogen and oxygen atoms in total. The lowest BCUT2D eigenvalue weighted by Gasteiger charge is -2.05. The van der Waals surface area contributed by atoms with Gasteiger partial charge < -0.3 is 9.47 Å². The van der Waals surface area contributed by atoms with Crippen LogP contribution in [-0.4, -0.2) is 22.5 Å². The maximum atomic E-state index is 11.5. The van der Waals surface area contributed by atoms with Gasteiger partial charge in [-0.05, 0) is 43.7 Å². The average Bonchev–Trinajstić information content (AvgIpc) is 2.42. The number of benzene rings is 1. The second-order valence-corrected chi connectivity index (χ2v) is 3.89. The maximum absolute atomic E-state index is 11.5. The predicted molar refractivity (Wildman–Crippen MR) is 69.2 cm³/mol. The zero-order valence-corrected chi connectivity index (χ0v) is 10.8. The summed E-state index contributed by atoms with van der Waals surface area (Å²) in [5, 5.41) is 0. The second kappa shape index (κ2) is 5.95. The van der Waals surface area contributed by atoms with E-state index in [-0.39, 0.29) is 12.0 Å². The first-order chi connectivity index (χ1) is 9.19. The van der Waals surface area contributed by atoms with Crippen LogP contribution in [0.25, 0.3) is 0 Å². The molecule has 0 aliphatic rings. The Morgan fingerprint density at radius 3 is 2.37 bits per heavy atom. The maximum Gasteiger partial charge on any atom is 0.338 e. The molecule has 1 heterocycles. The average molecular weight is 258 g/mol. The van der Waals surface area contributed by atoms with Crippen LogP contribution in [0.2, 0.25) is 0 Å². The number of esters is 1. The Morgan fingerprint density at radius 1 is 1.16 bits per heavy atom. The normalized spacial score (nSPS) is 10.0. The van der Waals surface area contributed by atoms with E-state index in [4.69, 9.17) is 9.47 Å². The van der Waals surface area contributed by atoms with Crippen molar-refractivity contribution in [1.82, 2.24) is 9.97 Å². The number of carbonyl (C=O) groups is 1.